The molecule has 8 rings (SSSR count). The molecule has 12 nitrogen and oxygen atoms in total. The van der Waals surface area contributed by atoms with Crippen LogP contribution in [0.15, 0.2) is 91.8 Å². The number of aromatic amines is 2. The molecule has 4 N–H and O–H groups in total. The van der Waals surface area contributed by atoms with Crippen molar-refractivity contribution in [1.29, 1.82) is 0 Å². The summed E-state index contributed by atoms with van der Waals surface area (Å²) in [7, 11) is 1.27. The number of ether oxygens (including phenoxy) is 1. The van der Waals surface area contributed by atoms with E-state index in [9.17, 15) is 14.4 Å². The summed E-state index contributed by atoms with van der Waals surface area (Å²) < 4.78 is 4.54. The van der Waals surface area contributed by atoms with E-state index >= 15 is 0 Å². The molecule has 2 saturated carbocycles. The van der Waals surface area contributed by atoms with Crippen molar-refractivity contribution in [3.63, 3.8) is 0 Å². The first-order valence-electron chi connectivity index (χ1n) is 19.4. The molecule has 3 aromatic heterocycles. The molecule has 288 valence electrons. The van der Waals surface area contributed by atoms with Gasteiger partial charge in [0, 0.05) is 31.4 Å². The van der Waals surface area contributed by atoms with Crippen molar-refractivity contribution >= 4 is 17.9 Å². The van der Waals surface area contributed by atoms with E-state index in [2.05, 4.69) is 103 Å². The summed E-state index contributed by atoms with van der Waals surface area (Å²) in [4.78, 5) is 56.9. The molecule has 5 aromatic rings. The number of hydrogen-bond donors (Lipinski definition) is 4. The molecule has 4 atom stereocenters. The van der Waals surface area contributed by atoms with Gasteiger partial charge in [-0.2, -0.15) is 0 Å². The molecule has 2 aliphatic carbocycles. The molecule has 2 aromatic carbocycles. The number of likely N-dealkylation sites (tertiary alicyclic amines) is 1. The number of carbonyl (C=O) groups is 3. The smallest absolute Gasteiger partial charge is 0.407 e. The van der Waals surface area contributed by atoms with Crippen LogP contribution >= 0.6 is 0 Å². The molecule has 3 fully saturated rings. The predicted molar refractivity (Wildman–Crippen MR) is 212 cm³/mol. The second kappa shape index (κ2) is 19.0. The third-order valence-electron chi connectivity index (χ3n) is 10.5. The average molecular weight is 745 g/mol. The standard InChI is InChI=1S/C26H26N6O3.C14H18N2O.C3H8/c1-35-26(34)29-15-24(33)32-12-2-3-23(32)25-28-14-22(31-25)20-10-6-18(7-11-20)17-4-8-19(9-5-17)21-13-27-16-30-21;17-14(13-7-10-3-4-12(13)6-10)16-9-11-2-1-5-15-8-11;1-3-2/h4-11,13-14,16,23H,2-3,12,15H2,1H3,(H,27,30)(H,28,31)(H,29,34);1-2,5,8,10,12-13H,3-4,6-7,9H2,(H,16,17);3H2,1-2H3. The van der Waals surface area contributed by atoms with E-state index in [0.717, 1.165) is 70.2 Å². The first-order chi connectivity index (χ1) is 26.9. The Kier molecular flexibility index (Phi) is 13.5. The lowest BCUT2D eigenvalue weighted by Crippen LogP contribution is -2.40. The second-order valence-corrected chi connectivity index (χ2v) is 14.5. The van der Waals surface area contributed by atoms with E-state index in [1.807, 2.05) is 18.3 Å². The predicted octanol–water partition coefficient (Wildman–Crippen LogP) is 7.70. The van der Waals surface area contributed by atoms with Gasteiger partial charge in [-0.1, -0.05) is 81.3 Å². The minimum atomic E-state index is -0.619. The van der Waals surface area contributed by atoms with Gasteiger partial charge in [0.15, 0.2) is 0 Å². The maximum absolute atomic E-state index is 12.6. The number of imidazole rings is 2. The van der Waals surface area contributed by atoms with Crippen LogP contribution in [-0.2, 0) is 20.9 Å². The SMILES string of the molecule is CCC.COC(=O)NCC(=O)N1CCCC1c1ncc(-c2ccc(-c3ccc(-c4cnc[nH]4)cc3)cc2)[nH]1.O=C(NCc1cccnc1)C1CC2CCC1C2. The van der Waals surface area contributed by atoms with Crippen LogP contribution in [0.1, 0.15) is 76.2 Å². The van der Waals surface area contributed by atoms with Crippen molar-refractivity contribution < 1.29 is 19.1 Å². The van der Waals surface area contributed by atoms with E-state index in [0.29, 0.717) is 19.0 Å². The van der Waals surface area contributed by atoms with Crippen molar-refractivity contribution in [2.24, 2.45) is 17.8 Å². The Morgan fingerprint density at radius 2 is 1.55 bits per heavy atom. The van der Waals surface area contributed by atoms with Crippen LogP contribution in [0.5, 0.6) is 0 Å². The Morgan fingerprint density at radius 1 is 0.836 bits per heavy atom. The van der Waals surface area contributed by atoms with E-state index in [4.69, 9.17) is 0 Å². The number of pyridine rings is 1. The van der Waals surface area contributed by atoms with Crippen molar-refractivity contribution in [2.75, 3.05) is 20.2 Å². The van der Waals surface area contributed by atoms with Crippen LogP contribution in [0.3, 0.4) is 0 Å². The molecule has 2 bridgehead atoms. The zero-order valence-electron chi connectivity index (χ0n) is 32.0. The first kappa shape index (κ1) is 38.9. The van der Waals surface area contributed by atoms with Crippen molar-refractivity contribution in [1.82, 2.24) is 40.5 Å². The molecule has 4 unspecified atom stereocenters. The van der Waals surface area contributed by atoms with Gasteiger partial charge in [-0.05, 0) is 77.8 Å². The Balaban J connectivity index is 0.000000213. The maximum Gasteiger partial charge on any atom is 0.407 e. The molecular formula is C43H52N8O4. The van der Waals surface area contributed by atoms with Crippen LogP contribution in [0, 0.1) is 17.8 Å². The van der Waals surface area contributed by atoms with Gasteiger partial charge in [0.2, 0.25) is 11.8 Å². The average Bonchev–Trinajstić information content (AvgIpc) is 4.09. The third kappa shape index (κ3) is 10.1. The zero-order chi connectivity index (χ0) is 38.6. The number of alkyl carbamates (subject to hydrolysis) is 1. The summed E-state index contributed by atoms with van der Waals surface area (Å²) in [5.74, 6) is 2.62. The van der Waals surface area contributed by atoms with Gasteiger partial charge in [-0.25, -0.2) is 14.8 Å². The molecule has 12 heteroatoms. The largest absolute Gasteiger partial charge is 0.453 e. The van der Waals surface area contributed by atoms with Gasteiger partial charge in [0.25, 0.3) is 0 Å². The normalized spacial score (nSPS) is 19.4. The highest BCUT2D eigenvalue weighted by Gasteiger charge is 2.42. The molecule has 1 aliphatic heterocycles. The number of H-pyrrole nitrogens is 2. The number of benzene rings is 2. The van der Waals surface area contributed by atoms with Crippen LogP contribution in [0.2, 0.25) is 0 Å². The molecule has 0 radical (unpaired) electrons. The number of fused-ring (bicyclic) bond motifs is 2. The molecule has 55 heavy (non-hydrogen) atoms. The highest BCUT2D eigenvalue weighted by molar-refractivity contribution is 5.83. The number of carbonyl (C=O) groups excluding carboxylic acids is 3. The van der Waals surface area contributed by atoms with Gasteiger partial charge in [-0.15, -0.1) is 0 Å². The molecule has 3 amide bonds. The van der Waals surface area contributed by atoms with Gasteiger partial charge < -0.3 is 30.2 Å². The summed E-state index contributed by atoms with van der Waals surface area (Å²) in [5, 5.41) is 5.50. The number of nitrogens with one attached hydrogen (secondary N) is 4. The molecule has 0 spiro atoms. The van der Waals surface area contributed by atoms with Crippen LogP contribution in [-0.4, -0.2) is 67.9 Å². The van der Waals surface area contributed by atoms with Crippen molar-refractivity contribution in [3.05, 3.63) is 103 Å². The molecule has 1 saturated heterocycles. The number of methoxy groups -OCH3 is 1. The lowest BCUT2D eigenvalue weighted by Gasteiger charge is -2.23. The lowest BCUT2D eigenvalue weighted by molar-refractivity contribution is -0.131. The minimum Gasteiger partial charge on any atom is -0.453 e. The van der Waals surface area contributed by atoms with E-state index in [1.54, 1.807) is 29.8 Å². The molecule has 4 heterocycles. The summed E-state index contributed by atoms with van der Waals surface area (Å²) in [5.41, 5.74) is 7.32. The number of rotatable bonds is 9. The van der Waals surface area contributed by atoms with Gasteiger partial charge in [0.1, 0.15) is 12.4 Å². The Morgan fingerprint density at radius 3 is 2.15 bits per heavy atom. The fraction of sp³-hybridized carbons (Fsp3) is 0.395. The monoisotopic (exact) mass is 744 g/mol. The number of nitrogens with zero attached hydrogens (tertiary/aromatic N) is 4. The highest BCUT2D eigenvalue weighted by atomic mass is 16.5. The lowest BCUT2D eigenvalue weighted by atomic mass is 9.88. The van der Waals surface area contributed by atoms with Gasteiger partial charge >= 0.3 is 6.09 Å². The number of hydrogen-bond acceptors (Lipinski definition) is 7. The van der Waals surface area contributed by atoms with E-state index < -0.39 is 6.09 Å². The fourth-order valence-electron chi connectivity index (χ4n) is 7.81. The van der Waals surface area contributed by atoms with Gasteiger partial charge in [-0.3, -0.25) is 14.6 Å². The van der Waals surface area contributed by atoms with Crippen LogP contribution in [0.4, 0.5) is 4.79 Å². The summed E-state index contributed by atoms with van der Waals surface area (Å²) in [6.45, 7) is 5.40. The Hall–Kier alpha value is -5.78. The highest BCUT2D eigenvalue weighted by Crippen LogP contribution is 2.48. The third-order valence-corrected chi connectivity index (χ3v) is 10.5. The van der Waals surface area contributed by atoms with Gasteiger partial charge in [0.05, 0.1) is 43.3 Å². The molecular weight excluding hydrogens is 693 g/mol. The summed E-state index contributed by atoms with van der Waals surface area (Å²) in [6.07, 6.45) is 16.2. The van der Waals surface area contributed by atoms with Crippen LogP contribution in [0.25, 0.3) is 33.6 Å². The number of amides is 3. The summed E-state index contributed by atoms with van der Waals surface area (Å²) in [6, 6.07) is 20.4. The second-order valence-electron chi connectivity index (χ2n) is 14.5. The quantitative estimate of drug-likeness (QED) is 0.120. The Bertz CT molecular complexity index is 1960. The molecule has 3 aliphatic rings. The van der Waals surface area contributed by atoms with Crippen molar-refractivity contribution in [2.45, 2.75) is 71.4 Å². The van der Waals surface area contributed by atoms with Crippen molar-refractivity contribution in [3.8, 4) is 33.6 Å². The topological polar surface area (TPSA) is 158 Å². The Labute approximate surface area is 322 Å². The fourth-order valence-corrected chi connectivity index (χ4v) is 7.81. The van der Waals surface area contributed by atoms with E-state index in [-0.39, 0.29) is 30.3 Å². The summed E-state index contributed by atoms with van der Waals surface area (Å²) >= 11 is 0. The maximum atomic E-state index is 12.6. The van der Waals surface area contributed by atoms with E-state index in [1.165, 1.54) is 32.8 Å². The zero-order valence-corrected chi connectivity index (χ0v) is 32.0. The van der Waals surface area contributed by atoms with Crippen LogP contribution < -0.4 is 10.6 Å². The minimum absolute atomic E-state index is 0.0962. The number of aromatic nitrogens is 5. The first-order valence-corrected chi connectivity index (χ1v) is 19.4.